The lowest BCUT2D eigenvalue weighted by Crippen LogP contribution is -1.84. The molecular formula is C9H6N4S. The molecule has 5 heteroatoms. The van der Waals surface area contributed by atoms with Crippen LogP contribution in [0.2, 0.25) is 0 Å². The number of thiazole rings is 1. The standard InChI is InChI=1S/C9H6N4S/c1-2-11-9-6(1)8(12-4-13-9)7-3-10-5-14-7/h1-5H,(H,11,12,13). The largest absolute Gasteiger partial charge is 0.346 e. The zero-order valence-corrected chi connectivity index (χ0v) is 7.95. The Hall–Kier alpha value is -1.75. The predicted molar refractivity (Wildman–Crippen MR) is 55.0 cm³/mol. The maximum absolute atomic E-state index is 4.26. The van der Waals surface area contributed by atoms with Crippen LogP contribution >= 0.6 is 11.3 Å². The number of H-pyrrole nitrogens is 1. The van der Waals surface area contributed by atoms with Gasteiger partial charge in [0.1, 0.15) is 12.0 Å². The van der Waals surface area contributed by atoms with E-state index in [0.717, 1.165) is 21.6 Å². The Morgan fingerprint density at radius 1 is 1.29 bits per heavy atom. The van der Waals surface area contributed by atoms with Crippen molar-refractivity contribution in [1.82, 2.24) is 19.9 Å². The van der Waals surface area contributed by atoms with Crippen LogP contribution in [-0.4, -0.2) is 19.9 Å². The van der Waals surface area contributed by atoms with Crippen LogP contribution in [-0.2, 0) is 0 Å². The van der Waals surface area contributed by atoms with Gasteiger partial charge in [0, 0.05) is 17.8 Å². The Kier molecular flexibility index (Phi) is 1.57. The predicted octanol–water partition coefficient (Wildman–Crippen LogP) is 2.08. The molecule has 0 unspecified atom stereocenters. The van der Waals surface area contributed by atoms with E-state index in [-0.39, 0.29) is 0 Å². The van der Waals surface area contributed by atoms with Gasteiger partial charge in [0.05, 0.1) is 16.1 Å². The fourth-order valence-corrected chi connectivity index (χ4v) is 2.03. The number of fused-ring (bicyclic) bond motifs is 1. The van der Waals surface area contributed by atoms with E-state index in [1.807, 2.05) is 18.5 Å². The topological polar surface area (TPSA) is 54.5 Å². The number of nitrogens with one attached hydrogen (secondary N) is 1. The Bertz CT molecular complexity index is 555. The minimum absolute atomic E-state index is 0.864. The molecule has 3 heterocycles. The van der Waals surface area contributed by atoms with Crippen molar-refractivity contribution in [1.29, 1.82) is 0 Å². The van der Waals surface area contributed by atoms with Crippen molar-refractivity contribution in [2.45, 2.75) is 0 Å². The molecule has 0 saturated carbocycles. The zero-order valence-electron chi connectivity index (χ0n) is 7.14. The first-order valence-electron chi connectivity index (χ1n) is 4.12. The summed E-state index contributed by atoms with van der Waals surface area (Å²) in [5, 5.41) is 1.04. The molecule has 0 fully saturated rings. The van der Waals surface area contributed by atoms with E-state index in [4.69, 9.17) is 0 Å². The average molecular weight is 202 g/mol. The number of rotatable bonds is 1. The molecule has 0 bridgehead atoms. The second kappa shape index (κ2) is 2.88. The van der Waals surface area contributed by atoms with Crippen LogP contribution < -0.4 is 0 Å². The Morgan fingerprint density at radius 2 is 2.29 bits per heavy atom. The quantitative estimate of drug-likeness (QED) is 0.657. The first kappa shape index (κ1) is 7.64. The molecule has 68 valence electrons. The van der Waals surface area contributed by atoms with Crippen molar-refractivity contribution in [2.75, 3.05) is 0 Å². The monoisotopic (exact) mass is 202 g/mol. The third-order valence-electron chi connectivity index (χ3n) is 2.02. The van der Waals surface area contributed by atoms with Gasteiger partial charge in [0.2, 0.25) is 0 Å². The minimum atomic E-state index is 0.864. The van der Waals surface area contributed by atoms with Gasteiger partial charge in [-0.05, 0) is 6.07 Å². The van der Waals surface area contributed by atoms with Gasteiger partial charge in [-0.1, -0.05) is 0 Å². The molecule has 0 amide bonds. The molecule has 0 atom stereocenters. The first-order valence-corrected chi connectivity index (χ1v) is 5.00. The number of aromatic amines is 1. The van der Waals surface area contributed by atoms with Crippen LogP contribution in [0, 0.1) is 0 Å². The van der Waals surface area contributed by atoms with Crippen LogP contribution in [0.5, 0.6) is 0 Å². The Morgan fingerprint density at radius 3 is 3.14 bits per heavy atom. The summed E-state index contributed by atoms with van der Waals surface area (Å²) in [6, 6.07) is 1.98. The summed E-state index contributed by atoms with van der Waals surface area (Å²) < 4.78 is 0. The van der Waals surface area contributed by atoms with Crippen LogP contribution in [0.25, 0.3) is 21.6 Å². The lowest BCUT2D eigenvalue weighted by atomic mass is 10.2. The summed E-state index contributed by atoms with van der Waals surface area (Å²) in [6.45, 7) is 0. The highest BCUT2D eigenvalue weighted by Crippen LogP contribution is 2.26. The van der Waals surface area contributed by atoms with E-state index in [1.54, 1.807) is 23.2 Å². The zero-order chi connectivity index (χ0) is 9.38. The van der Waals surface area contributed by atoms with E-state index >= 15 is 0 Å². The fraction of sp³-hybridized carbons (Fsp3) is 0. The number of hydrogen-bond donors (Lipinski definition) is 1. The van der Waals surface area contributed by atoms with Gasteiger partial charge in [0.15, 0.2) is 0 Å². The van der Waals surface area contributed by atoms with Crippen molar-refractivity contribution in [3.8, 4) is 10.6 Å². The van der Waals surface area contributed by atoms with Crippen molar-refractivity contribution in [3.05, 3.63) is 30.3 Å². The fourth-order valence-electron chi connectivity index (χ4n) is 1.40. The smallest absolute Gasteiger partial charge is 0.141 e. The first-order chi connectivity index (χ1) is 6.95. The number of aromatic nitrogens is 4. The second-order valence-electron chi connectivity index (χ2n) is 2.83. The maximum atomic E-state index is 4.26. The van der Waals surface area contributed by atoms with Gasteiger partial charge in [0.25, 0.3) is 0 Å². The molecule has 3 aromatic rings. The Balaban J connectivity index is 2.36. The molecule has 0 spiro atoms. The van der Waals surface area contributed by atoms with Crippen LogP contribution in [0.3, 0.4) is 0 Å². The van der Waals surface area contributed by atoms with E-state index in [1.165, 1.54) is 0 Å². The van der Waals surface area contributed by atoms with Gasteiger partial charge in [-0.15, -0.1) is 11.3 Å². The molecule has 0 radical (unpaired) electrons. The molecule has 0 aromatic carbocycles. The third-order valence-corrected chi connectivity index (χ3v) is 2.80. The summed E-state index contributed by atoms with van der Waals surface area (Å²) in [5.41, 5.74) is 3.61. The molecule has 4 nitrogen and oxygen atoms in total. The molecule has 0 aliphatic carbocycles. The highest BCUT2D eigenvalue weighted by molar-refractivity contribution is 7.13. The normalized spacial score (nSPS) is 10.9. The SMILES string of the molecule is c1nc(-c2cncs2)c2cc[nH]c2n1. The van der Waals surface area contributed by atoms with Gasteiger partial charge >= 0.3 is 0 Å². The van der Waals surface area contributed by atoms with Crippen molar-refractivity contribution < 1.29 is 0 Å². The van der Waals surface area contributed by atoms with E-state index in [2.05, 4.69) is 19.9 Å². The van der Waals surface area contributed by atoms with Crippen molar-refractivity contribution >= 4 is 22.4 Å². The Labute approximate surface area is 83.7 Å². The summed E-state index contributed by atoms with van der Waals surface area (Å²) in [4.78, 5) is 16.5. The van der Waals surface area contributed by atoms with Crippen LogP contribution in [0.15, 0.2) is 30.3 Å². The molecular weight excluding hydrogens is 196 g/mol. The minimum Gasteiger partial charge on any atom is -0.346 e. The molecule has 3 rings (SSSR count). The van der Waals surface area contributed by atoms with Gasteiger partial charge in [-0.2, -0.15) is 0 Å². The summed E-state index contributed by atoms with van der Waals surface area (Å²) in [7, 11) is 0. The number of hydrogen-bond acceptors (Lipinski definition) is 4. The average Bonchev–Trinajstić information content (AvgIpc) is 2.88. The molecule has 1 N–H and O–H groups in total. The van der Waals surface area contributed by atoms with Gasteiger partial charge in [-0.3, -0.25) is 4.98 Å². The third kappa shape index (κ3) is 1.03. The molecule has 3 aromatic heterocycles. The van der Waals surface area contributed by atoms with E-state index in [9.17, 15) is 0 Å². The molecule has 0 aliphatic heterocycles. The highest BCUT2D eigenvalue weighted by Gasteiger charge is 2.07. The van der Waals surface area contributed by atoms with Crippen molar-refractivity contribution in [2.24, 2.45) is 0 Å². The van der Waals surface area contributed by atoms with Gasteiger partial charge in [-0.25, -0.2) is 9.97 Å². The van der Waals surface area contributed by atoms with Gasteiger partial charge < -0.3 is 4.98 Å². The highest BCUT2D eigenvalue weighted by atomic mass is 32.1. The second-order valence-corrected chi connectivity index (χ2v) is 3.71. The molecule has 14 heavy (non-hydrogen) atoms. The lowest BCUT2D eigenvalue weighted by molar-refractivity contribution is 1.21. The molecule has 0 aliphatic rings. The summed E-state index contributed by atoms with van der Waals surface area (Å²) >= 11 is 1.58. The van der Waals surface area contributed by atoms with E-state index < -0.39 is 0 Å². The molecule has 0 saturated heterocycles. The van der Waals surface area contributed by atoms with Crippen LogP contribution in [0.4, 0.5) is 0 Å². The summed E-state index contributed by atoms with van der Waals surface area (Å²) in [5.74, 6) is 0. The maximum Gasteiger partial charge on any atom is 0.141 e. The van der Waals surface area contributed by atoms with Crippen molar-refractivity contribution in [3.63, 3.8) is 0 Å². The number of nitrogens with zero attached hydrogens (tertiary/aromatic N) is 3. The lowest BCUT2D eigenvalue weighted by Gasteiger charge is -1.96. The van der Waals surface area contributed by atoms with Crippen LogP contribution in [0.1, 0.15) is 0 Å². The summed E-state index contributed by atoms with van der Waals surface area (Å²) in [6.07, 6.45) is 5.25. The van der Waals surface area contributed by atoms with E-state index in [0.29, 0.717) is 0 Å².